The van der Waals surface area contributed by atoms with Crippen molar-refractivity contribution in [2.24, 2.45) is 5.92 Å². The topological polar surface area (TPSA) is 76.8 Å². The smallest absolute Gasteiger partial charge is 0.273 e. The van der Waals surface area contributed by atoms with Crippen LogP contribution in [-0.2, 0) is 4.74 Å². The molecule has 0 radical (unpaired) electrons. The molecule has 7 nitrogen and oxygen atoms in total. The third-order valence-corrected chi connectivity index (χ3v) is 5.91. The van der Waals surface area contributed by atoms with Crippen LogP contribution in [0.25, 0.3) is 11.3 Å². The molecule has 0 bridgehead atoms. The third kappa shape index (κ3) is 6.38. The molecule has 0 spiro atoms. The molecule has 1 amide bonds. The number of nitrogens with one attached hydrogen (secondary N) is 1. The lowest BCUT2D eigenvalue weighted by atomic mass is 10.0. The highest BCUT2D eigenvalue weighted by atomic mass is 35.5. The van der Waals surface area contributed by atoms with Gasteiger partial charge in [-0.15, -0.1) is 0 Å². The second-order valence-electron chi connectivity index (χ2n) is 8.73. The molecular weight excluding hydrogens is 454 g/mol. The Morgan fingerprint density at radius 2 is 1.82 bits per heavy atom. The molecule has 1 aliphatic rings. The predicted octanol–water partition coefficient (Wildman–Crippen LogP) is 4.83. The number of carbonyl (C=O) groups is 1. The zero-order chi connectivity index (χ0) is 23.9. The first kappa shape index (κ1) is 24.3. The van der Waals surface area contributed by atoms with E-state index in [0.29, 0.717) is 43.1 Å². The van der Waals surface area contributed by atoms with Gasteiger partial charge in [0, 0.05) is 36.3 Å². The molecule has 4 rings (SSSR count). The molecule has 34 heavy (non-hydrogen) atoms. The summed E-state index contributed by atoms with van der Waals surface area (Å²) in [6.45, 7) is 8.25. The lowest BCUT2D eigenvalue weighted by molar-refractivity contribution is 0.0162. The van der Waals surface area contributed by atoms with Crippen molar-refractivity contribution in [2.45, 2.75) is 19.9 Å². The van der Waals surface area contributed by atoms with Crippen molar-refractivity contribution in [1.82, 2.24) is 15.4 Å². The van der Waals surface area contributed by atoms with Crippen LogP contribution in [0.5, 0.6) is 5.75 Å². The molecule has 2 aromatic carbocycles. The highest BCUT2D eigenvalue weighted by Gasteiger charge is 2.24. The van der Waals surface area contributed by atoms with Gasteiger partial charge in [-0.2, -0.15) is 0 Å². The summed E-state index contributed by atoms with van der Waals surface area (Å²) in [7, 11) is 0. The van der Waals surface area contributed by atoms with E-state index in [4.69, 9.17) is 25.6 Å². The maximum absolute atomic E-state index is 12.8. The van der Waals surface area contributed by atoms with E-state index >= 15 is 0 Å². The average molecular weight is 484 g/mol. The number of morpholine rings is 1. The molecule has 0 aliphatic carbocycles. The van der Waals surface area contributed by atoms with Gasteiger partial charge in [-0.05, 0) is 47.9 Å². The Morgan fingerprint density at radius 3 is 2.50 bits per heavy atom. The Morgan fingerprint density at radius 1 is 1.12 bits per heavy atom. The maximum Gasteiger partial charge on any atom is 0.273 e. The standard InChI is InChI=1S/C26H30ClN3O4/c1-18(2)17-33-22-9-5-20(6-10-22)25-15-23(29-34-25)26(31)28-16-24(30-11-13-32-14-12-30)19-3-7-21(27)8-4-19/h3-10,15,18,24H,11-14,16-17H2,1-2H3,(H,28,31). The lowest BCUT2D eigenvalue weighted by Crippen LogP contribution is -2.43. The summed E-state index contributed by atoms with van der Waals surface area (Å²) in [5.74, 6) is 1.51. The number of nitrogens with zero attached hydrogens (tertiary/aromatic N) is 2. The second-order valence-corrected chi connectivity index (χ2v) is 9.17. The van der Waals surface area contributed by atoms with Crippen molar-refractivity contribution in [2.75, 3.05) is 39.5 Å². The Labute approximate surface area is 205 Å². The zero-order valence-electron chi connectivity index (χ0n) is 19.5. The summed E-state index contributed by atoms with van der Waals surface area (Å²) < 4.78 is 16.7. The van der Waals surface area contributed by atoms with Crippen LogP contribution >= 0.6 is 11.6 Å². The zero-order valence-corrected chi connectivity index (χ0v) is 20.3. The molecule has 8 heteroatoms. The van der Waals surface area contributed by atoms with Gasteiger partial charge in [0.1, 0.15) is 5.75 Å². The highest BCUT2D eigenvalue weighted by Crippen LogP contribution is 2.25. The van der Waals surface area contributed by atoms with E-state index in [1.54, 1.807) is 6.07 Å². The van der Waals surface area contributed by atoms with Gasteiger partial charge in [-0.25, -0.2) is 0 Å². The van der Waals surface area contributed by atoms with Crippen molar-refractivity contribution in [3.63, 3.8) is 0 Å². The summed E-state index contributed by atoms with van der Waals surface area (Å²) >= 11 is 6.07. The molecule has 1 N–H and O–H groups in total. The van der Waals surface area contributed by atoms with Crippen LogP contribution < -0.4 is 10.1 Å². The van der Waals surface area contributed by atoms with E-state index in [1.807, 2.05) is 48.5 Å². The van der Waals surface area contributed by atoms with Crippen LogP contribution in [0.15, 0.2) is 59.1 Å². The first-order valence-corrected chi connectivity index (χ1v) is 11.9. The van der Waals surface area contributed by atoms with Crippen molar-refractivity contribution < 1.29 is 18.8 Å². The summed E-state index contributed by atoms with van der Waals surface area (Å²) in [6, 6.07) is 17.0. The number of aromatic nitrogens is 1. The fourth-order valence-corrected chi connectivity index (χ4v) is 3.93. The Balaban J connectivity index is 1.40. The molecular formula is C26H30ClN3O4. The van der Waals surface area contributed by atoms with E-state index < -0.39 is 0 Å². The van der Waals surface area contributed by atoms with Crippen LogP contribution in [-0.4, -0.2) is 55.4 Å². The molecule has 2 heterocycles. The van der Waals surface area contributed by atoms with E-state index in [0.717, 1.165) is 30.0 Å². The normalized spacial score (nSPS) is 15.3. The van der Waals surface area contributed by atoms with Crippen molar-refractivity contribution in [3.8, 4) is 17.1 Å². The van der Waals surface area contributed by atoms with Crippen LogP contribution in [0.2, 0.25) is 5.02 Å². The van der Waals surface area contributed by atoms with Gasteiger partial charge in [0.25, 0.3) is 5.91 Å². The molecule has 1 saturated heterocycles. The lowest BCUT2D eigenvalue weighted by Gasteiger charge is -2.34. The number of rotatable bonds is 9. The molecule has 1 aromatic heterocycles. The number of hydrogen-bond acceptors (Lipinski definition) is 6. The Hall–Kier alpha value is -2.87. The number of amides is 1. The highest BCUT2D eigenvalue weighted by molar-refractivity contribution is 6.30. The monoisotopic (exact) mass is 483 g/mol. The SMILES string of the molecule is CC(C)COc1ccc(-c2cc(C(=O)NCC(c3ccc(Cl)cc3)N3CCOCC3)no2)cc1. The van der Waals surface area contributed by atoms with E-state index in [9.17, 15) is 4.79 Å². The average Bonchev–Trinajstić information content (AvgIpc) is 3.35. The van der Waals surface area contributed by atoms with Gasteiger partial charge in [0.2, 0.25) is 0 Å². The quantitative estimate of drug-likeness (QED) is 0.469. The first-order chi connectivity index (χ1) is 16.5. The summed E-state index contributed by atoms with van der Waals surface area (Å²) in [4.78, 5) is 15.2. The fraction of sp³-hybridized carbons (Fsp3) is 0.385. The van der Waals surface area contributed by atoms with Crippen LogP contribution in [0.4, 0.5) is 0 Å². The van der Waals surface area contributed by atoms with Crippen molar-refractivity contribution >= 4 is 17.5 Å². The van der Waals surface area contributed by atoms with Crippen LogP contribution in [0, 0.1) is 5.92 Å². The van der Waals surface area contributed by atoms with Gasteiger partial charge in [0.05, 0.1) is 25.9 Å². The number of benzene rings is 2. The molecule has 0 saturated carbocycles. The minimum absolute atomic E-state index is 0.00914. The minimum Gasteiger partial charge on any atom is -0.493 e. The first-order valence-electron chi connectivity index (χ1n) is 11.5. The van der Waals surface area contributed by atoms with Gasteiger partial charge in [-0.3, -0.25) is 9.69 Å². The van der Waals surface area contributed by atoms with Crippen LogP contribution in [0.3, 0.4) is 0 Å². The molecule has 1 atom stereocenters. The number of halogens is 1. The van der Waals surface area contributed by atoms with E-state index in [1.165, 1.54) is 0 Å². The van der Waals surface area contributed by atoms with Crippen molar-refractivity contribution in [3.05, 3.63) is 70.9 Å². The third-order valence-electron chi connectivity index (χ3n) is 5.66. The molecule has 3 aromatic rings. The molecule has 1 fully saturated rings. The maximum atomic E-state index is 12.8. The Bertz CT molecular complexity index is 1060. The van der Waals surface area contributed by atoms with Crippen LogP contribution in [0.1, 0.15) is 35.9 Å². The van der Waals surface area contributed by atoms with Gasteiger partial charge in [0.15, 0.2) is 11.5 Å². The van der Waals surface area contributed by atoms with Crippen molar-refractivity contribution in [1.29, 1.82) is 0 Å². The number of ether oxygens (including phenoxy) is 2. The number of carbonyl (C=O) groups excluding carboxylic acids is 1. The Kier molecular flexibility index (Phi) is 8.21. The molecule has 180 valence electrons. The van der Waals surface area contributed by atoms with Gasteiger partial charge in [-0.1, -0.05) is 42.7 Å². The minimum atomic E-state index is -0.279. The summed E-state index contributed by atoms with van der Waals surface area (Å²) in [5, 5.41) is 7.68. The summed E-state index contributed by atoms with van der Waals surface area (Å²) in [5.41, 5.74) is 2.16. The fourth-order valence-electron chi connectivity index (χ4n) is 3.81. The number of hydrogen-bond donors (Lipinski definition) is 1. The van der Waals surface area contributed by atoms with E-state index in [2.05, 4.69) is 29.2 Å². The second kappa shape index (κ2) is 11.5. The molecule has 1 unspecified atom stereocenters. The predicted molar refractivity (Wildman–Crippen MR) is 131 cm³/mol. The summed E-state index contributed by atoms with van der Waals surface area (Å²) in [6.07, 6.45) is 0. The van der Waals surface area contributed by atoms with E-state index in [-0.39, 0.29) is 17.6 Å². The van der Waals surface area contributed by atoms with Gasteiger partial charge < -0.3 is 19.3 Å². The largest absolute Gasteiger partial charge is 0.493 e. The van der Waals surface area contributed by atoms with Gasteiger partial charge >= 0.3 is 0 Å². The molecule has 1 aliphatic heterocycles.